The molecule has 0 fully saturated rings. The highest BCUT2D eigenvalue weighted by molar-refractivity contribution is 6.05. The van der Waals surface area contributed by atoms with Crippen molar-refractivity contribution in [2.45, 2.75) is 25.7 Å². The molecule has 3 nitrogen and oxygen atoms in total. The molecule has 0 amide bonds. The van der Waals surface area contributed by atoms with Crippen LogP contribution in [-0.2, 0) is 6.42 Å². The van der Waals surface area contributed by atoms with Gasteiger partial charge in [-0.15, -0.1) is 0 Å². The van der Waals surface area contributed by atoms with E-state index in [0.29, 0.717) is 22.9 Å². The molecule has 2 aromatic rings. The fourth-order valence-corrected chi connectivity index (χ4v) is 3.59. The molecule has 2 aromatic carbocycles. The van der Waals surface area contributed by atoms with Gasteiger partial charge < -0.3 is 10.5 Å². The summed E-state index contributed by atoms with van der Waals surface area (Å²) in [7, 11) is 0. The first-order chi connectivity index (χ1) is 10.1. The molecular formula is C18H17NO2. The second-order valence-electron chi connectivity index (χ2n) is 6.04. The Balaban J connectivity index is 2.00. The maximum atomic E-state index is 13.0. The highest BCUT2D eigenvalue weighted by Crippen LogP contribution is 2.47. The quantitative estimate of drug-likeness (QED) is 0.743. The Bertz CT molecular complexity index is 751. The van der Waals surface area contributed by atoms with E-state index in [1.165, 1.54) is 5.56 Å². The van der Waals surface area contributed by atoms with Crippen molar-refractivity contribution >= 4 is 11.5 Å². The SMILES string of the molecule is CC1CCc2cccc3c2C1C(=O)c1cc(N)ccc1O3. The van der Waals surface area contributed by atoms with Crippen molar-refractivity contribution in [2.75, 3.05) is 5.73 Å². The van der Waals surface area contributed by atoms with Gasteiger partial charge in [0.05, 0.1) is 11.5 Å². The third kappa shape index (κ3) is 1.77. The lowest BCUT2D eigenvalue weighted by Crippen LogP contribution is -2.25. The molecule has 0 aromatic heterocycles. The Morgan fingerprint density at radius 3 is 2.90 bits per heavy atom. The van der Waals surface area contributed by atoms with Gasteiger partial charge in [-0.05, 0) is 48.6 Å². The molecular weight excluding hydrogens is 262 g/mol. The molecule has 0 saturated carbocycles. The zero-order valence-electron chi connectivity index (χ0n) is 11.9. The number of Topliss-reactive ketones (excluding diaryl/α,β-unsaturated/α-hetero) is 1. The number of ketones is 1. The van der Waals surface area contributed by atoms with Crippen LogP contribution in [0.25, 0.3) is 0 Å². The number of carbonyl (C=O) groups is 1. The molecule has 4 rings (SSSR count). The van der Waals surface area contributed by atoms with E-state index < -0.39 is 0 Å². The number of aryl methyl sites for hydroxylation is 1. The number of hydrogen-bond donors (Lipinski definition) is 1. The molecule has 106 valence electrons. The number of ether oxygens (including phenoxy) is 1. The Morgan fingerprint density at radius 2 is 2.05 bits per heavy atom. The van der Waals surface area contributed by atoms with Crippen molar-refractivity contribution in [2.24, 2.45) is 5.92 Å². The van der Waals surface area contributed by atoms with E-state index in [2.05, 4.69) is 13.0 Å². The lowest BCUT2D eigenvalue weighted by Gasteiger charge is -2.30. The van der Waals surface area contributed by atoms with Crippen molar-refractivity contribution in [3.8, 4) is 11.5 Å². The van der Waals surface area contributed by atoms with Crippen LogP contribution in [0.2, 0.25) is 0 Å². The fraction of sp³-hybridized carbons (Fsp3) is 0.278. The Kier molecular flexibility index (Phi) is 2.58. The van der Waals surface area contributed by atoms with Crippen molar-refractivity contribution < 1.29 is 9.53 Å². The van der Waals surface area contributed by atoms with E-state index >= 15 is 0 Å². The van der Waals surface area contributed by atoms with Crippen molar-refractivity contribution in [3.63, 3.8) is 0 Å². The number of nitrogen functional groups attached to an aromatic ring is 1. The van der Waals surface area contributed by atoms with Crippen molar-refractivity contribution in [1.82, 2.24) is 0 Å². The van der Waals surface area contributed by atoms with Gasteiger partial charge in [0.25, 0.3) is 0 Å². The van der Waals surface area contributed by atoms with Crippen molar-refractivity contribution in [1.29, 1.82) is 0 Å². The topological polar surface area (TPSA) is 52.3 Å². The Labute approximate surface area is 123 Å². The van der Waals surface area contributed by atoms with Crippen molar-refractivity contribution in [3.05, 3.63) is 53.1 Å². The summed E-state index contributed by atoms with van der Waals surface area (Å²) in [6, 6.07) is 11.4. The molecule has 0 saturated heterocycles. The highest BCUT2D eigenvalue weighted by atomic mass is 16.5. The number of rotatable bonds is 0. The van der Waals surface area contributed by atoms with Gasteiger partial charge in [-0.1, -0.05) is 19.1 Å². The van der Waals surface area contributed by atoms with Crippen LogP contribution in [0, 0.1) is 5.92 Å². The summed E-state index contributed by atoms with van der Waals surface area (Å²) in [6.07, 6.45) is 2.04. The third-order valence-electron chi connectivity index (χ3n) is 4.68. The van der Waals surface area contributed by atoms with E-state index in [4.69, 9.17) is 10.5 Å². The van der Waals surface area contributed by atoms with Crippen LogP contribution >= 0.6 is 0 Å². The molecule has 1 aliphatic heterocycles. The molecule has 0 spiro atoms. The molecule has 2 unspecified atom stereocenters. The molecule has 2 aliphatic rings. The Morgan fingerprint density at radius 1 is 1.19 bits per heavy atom. The van der Waals surface area contributed by atoms with Crippen LogP contribution in [-0.4, -0.2) is 5.78 Å². The minimum Gasteiger partial charge on any atom is -0.456 e. The van der Waals surface area contributed by atoms with E-state index in [-0.39, 0.29) is 11.7 Å². The molecule has 1 heterocycles. The fourth-order valence-electron chi connectivity index (χ4n) is 3.59. The summed E-state index contributed by atoms with van der Waals surface area (Å²) < 4.78 is 6.05. The third-order valence-corrected chi connectivity index (χ3v) is 4.68. The first-order valence-corrected chi connectivity index (χ1v) is 7.38. The van der Waals surface area contributed by atoms with Crippen LogP contribution < -0.4 is 10.5 Å². The second-order valence-corrected chi connectivity index (χ2v) is 6.04. The van der Waals surface area contributed by atoms with Gasteiger partial charge in [0.2, 0.25) is 0 Å². The summed E-state index contributed by atoms with van der Waals surface area (Å²) in [5.41, 5.74) is 9.38. The molecule has 0 bridgehead atoms. The molecule has 3 heteroatoms. The van der Waals surface area contributed by atoms with E-state index in [1.54, 1.807) is 18.2 Å². The maximum Gasteiger partial charge on any atom is 0.174 e. The second kappa shape index (κ2) is 4.35. The predicted molar refractivity (Wildman–Crippen MR) is 81.9 cm³/mol. The van der Waals surface area contributed by atoms with Gasteiger partial charge in [0.1, 0.15) is 11.5 Å². The number of nitrogens with two attached hydrogens (primary N) is 1. The Hall–Kier alpha value is -2.29. The highest BCUT2D eigenvalue weighted by Gasteiger charge is 2.38. The first-order valence-electron chi connectivity index (χ1n) is 7.38. The first kappa shape index (κ1) is 12.5. The summed E-state index contributed by atoms with van der Waals surface area (Å²) >= 11 is 0. The van der Waals surface area contributed by atoms with Gasteiger partial charge in [-0.2, -0.15) is 0 Å². The number of fused-ring (bicyclic) bond motifs is 1. The van der Waals surface area contributed by atoms with Gasteiger partial charge in [-0.25, -0.2) is 0 Å². The zero-order valence-corrected chi connectivity index (χ0v) is 11.9. The minimum atomic E-state index is -0.118. The number of carbonyl (C=O) groups excluding carboxylic acids is 1. The summed E-state index contributed by atoms with van der Waals surface area (Å²) in [4.78, 5) is 13.0. The van der Waals surface area contributed by atoms with Crippen LogP contribution in [0.4, 0.5) is 5.69 Å². The maximum absolute atomic E-state index is 13.0. The molecule has 1 aliphatic carbocycles. The van der Waals surface area contributed by atoms with E-state index in [1.807, 2.05) is 12.1 Å². The van der Waals surface area contributed by atoms with Gasteiger partial charge >= 0.3 is 0 Å². The summed E-state index contributed by atoms with van der Waals surface area (Å²) in [5, 5.41) is 0. The average Bonchev–Trinajstić information content (AvgIpc) is 2.60. The average molecular weight is 279 g/mol. The molecule has 2 N–H and O–H groups in total. The summed E-state index contributed by atoms with van der Waals surface area (Å²) in [5.74, 6) is 1.77. The predicted octanol–water partition coefficient (Wildman–Crippen LogP) is 3.92. The van der Waals surface area contributed by atoms with Crippen LogP contribution in [0.15, 0.2) is 36.4 Å². The lowest BCUT2D eigenvalue weighted by molar-refractivity contribution is 0.0927. The smallest absolute Gasteiger partial charge is 0.174 e. The number of hydrogen-bond acceptors (Lipinski definition) is 3. The van der Waals surface area contributed by atoms with E-state index in [9.17, 15) is 4.79 Å². The number of anilines is 1. The standard InChI is InChI=1S/C18H17NO2/c1-10-5-6-11-3-2-4-15-17(11)16(10)18(20)13-9-12(19)7-8-14(13)21-15/h2-4,7-10,16H,5-6,19H2,1H3. The number of benzene rings is 2. The zero-order chi connectivity index (χ0) is 14.6. The van der Waals surface area contributed by atoms with Crippen LogP contribution in [0.1, 0.15) is 40.7 Å². The van der Waals surface area contributed by atoms with Gasteiger partial charge in [0, 0.05) is 11.3 Å². The van der Waals surface area contributed by atoms with E-state index in [0.717, 1.165) is 24.2 Å². The van der Waals surface area contributed by atoms with Gasteiger partial charge in [0.15, 0.2) is 5.78 Å². The lowest BCUT2D eigenvalue weighted by atomic mass is 9.72. The van der Waals surface area contributed by atoms with Gasteiger partial charge in [-0.3, -0.25) is 4.79 Å². The van der Waals surface area contributed by atoms with Crippen LogP contribution in [0.5, 0.6) is 11.5 Å². The molecule has 2 atom stereocenters. The summed E-state index contributed by atoms with van der Waals surface area (Å²) in [6.45, 7) is 2.15. The normalized spacial score (nSPS) is 22.8. The minimum absolute atomic E-state index is 0.118. The van der Waals surface area contributed by atoms with Crippen LogP contribution in [0.3, 0.4) is 0 Å². The monoisotopic (exact) mass is 279 g/mol. The molecule has 21 heavy (non-hydrogen) atoms. The molecule has 0 radical (unpaired) electrons. The largest absolute Gasteiger partial charge is 0.456 e.